The zero-order chi connectivity index (χ0) is 14.0. The quantitative estimate of drug-likeness (QED) is 0.771. The second kappa shape index (κ2) is 5.19. The van der Waals surface area contributed by atoms with Crippen LogP contribution in [0.1, 0.15) is 52.4 Å². The minimum atomic E-state index is -4.28. The fraction of sp³-hybridized carbons (Fsp3) is 0.923. The van der Waals surface area contributed by atoms with Crippen LogP contribution in [-0.2, 0) is 9.53 Å². The Morgan fingerprint density at radius 1 is 1.17 bits per heavy atom. The molecule has 0 aromatic heterocycles. The molecule has 1 aliphatic carbocycles. The Morgan fingerprint density at radius 2 is 1.67 bits per heavy atom. The van der Waals surface area contributed by atoms with Gasteiger partial charge in [-0.2, -0.15) is 13.2 Å². The third-order valence-corrected chi connectivity index (χ3v) is 3.95. The van der Waals surface area contributed by atoms with E-state index < -0.39 is 30.4 Å². The van der Waals surface area contributed by atoms with E-state index in [4.69, 9.17) is 4.74 Å². The summed E-state index contributed by atoms with van der Waals surface area (Å²) in [7, 11) is 1.42. The summed E-state index contributed by atoms with van der Waals surface area (Å²) >= 11 is 0. The second-order valence-corrected chi connectivity index (χ2v) is 5.90. The maximum Gasteiger partial charge on any atom is 0.389 e. The molecular weight excluding hydrogens is 245 g/mol. The van der Waals surface area contributed by atoms with Crippen LogP contribution in [0.3, 0.4) is 0 Å². The van der Waals surface area contributed by atoms with E-state index in [-0.39, 0.29) is 5.41 Å². The first-order valence-corrected chi connectivity index (χ1v) is 6.25. The van der Waals surface area contributed by atoms with Gasteiger partial charge in [0.15, 0.2) is 5.78 Å². The topological polar surface area (TPSA) is 26.3 Å². The van der Waals surface area contributed by atoms with Crippen molar-refractivity contribution < 1.29 is 22.7 Å². The summed E-state index contributed by atoms with van der Waals surface area (Å²) in [4.78, 5) is 12.0. The van der Waals surface area contributed by atoms with E-state index >= 15 is 0 Å². The lowest BCUT2D eigenvalue weighted by Gasteiger charge is -2.41. The van der Waals surface area contributed by atoms with Gasteiger partial charge in [0.2, 0.25) is 0 Å². The normalized spacial score (nSPS) is 22.8. The summed E-state index contributed by atoms with van der Waals surface area (Å²) in [6, 6.07) is 0. The van der Waals surface area contributed by atoms with Crippen LogP contribution >= 0.6 is 0 Å². The van der Waals surface area contributed by atoms with Crippen LogP contribution in [0.25, 0.3) is 0 Å². The van der Waals surface area contributed by atoms with Gasteiger partial charge in [-0.25, -0.2) is 0 Å². The molecule has 0 aromatic carbocycles. The van der Waals surface area contributed by atoms with E-state index in [1.807, 2.05) is 0 Å². The average Bonchev–Trinajstić information content (AvgIpc) is 2.26. The van der Waals surface area contributed by atoms with Crippen LogP contribution in [0.15, 0.2) is 0 Å². The van der Waals surface area contributed by atoms with Crippen molar-refractivity contribution in [1.29, 1.82) is 0 Å². The van der Waals surface area contributed by atoms with Crippen LogP contribution in [0.4, 0.5) is 13.2 Å². The molecule has 0 amide bonds. The van der Waals surface area contributed by atoms with Crippen LogP contribution < -0.4 is 0 Å². The van der Waals surface area contributed by atoms with Crippen LogP contribution in [0, 0.1) is 5.41 Å². The van der Waals surface area contributed by atoms with Crippen molar-refractivity contribution in [3.05, 3.63) is 0 Å². The number of methoxy groups -OCH3 is 1. The van der Waals surface area contributed by atoms with E-state index in [1.165, 1.54) is 7.11 Å². The summed E-state index contributed by atoms with van der Waals surface area (Å²) in [5.41, 5.74) is -0.840. The molecular formula is C13H21F3O2. The molecule has 2 nitrogen and oxygen atoms in total. The van der Waals surface area contributed by atoms with Crippen molar-refractivity contribution in [3.8, 4) is 0 Å². The molecule has 5 heteroatoms. The average molecular weight is 266 g/mol. The first kappa shape index (κ1) is 15.5. The fourth-order valence-electron chi connectivity index (χ4n) is 2.41. The van der Waals surface area contributed by atoms with Crippen molar-refractivity contribution in [1.82, 2.24) is 0 Å². The van der Waals surface area contributed by atoms with Crippen LogP contribution in [0.2, 0.25) is 0 Å². The molecule has 0 aliphatic heterocycles. The van der Waals surface area contributed by atoms with Gasteiger partial charge in [0.1, 0.15) is 5.60 Å². The van der Waals surface area contributed by atoms with Gasteiger partial charge in [-0.15, -0.1) is 0 Å². The molecule has 1 aliphatic rings. The molecule has 0 bridgehead atoms. The Morgan fingerprint density at radius 3 is 2.06 bits per heavy atom. The Bertz CT molecular complexity index is 298. The van der Waals surface area contributed by atoms with E-state index in [0.717, 1.165) is 12.8 Å². The minimum Gasteiger partial charge on any atom is -0.370 e. The summed E-state index contributed by atoms with van der Waals surface area (Å²) in [5, 5.41) is 0. The summed E-state index contributed by atoms with van der Waals surface area (Å²) in [6.07, 6.45) is -3.16. The molecule has 1 rings (SSSR count). The Balaban J connectivity index is 2.63. The number of Topliss-reactive ketones (excluding diaryl/α,β-unsaturated/α-hetero) is 1. The zero-order valence-corrected chi connectivity index (χ0v) is 11.2. The molecule has 0 spiro atoms. The molecule has 0 aromatic rings. The maximum absolute atomic E-state index is 12.1. The first-order valence-electron chi connectivity index (χ1n) is 6.25. The zero-order valence-electron chi connectivity index (χ0n) is 11.2. The number of alkyl halides is 3. The number of ether oxygens (including phenoxy) is 1. The van der Waals surface area contributed by atoms with Gasteiger partial charge < -0.3 is 4.74 Å². The number of carbonyl (C=O) groups is 1. The number of halogens is 3. The second-order valence-electron chi connectivity index (χ2n) is 5.90. The molecule has 0 N–H and O–H groups in total. The van der Waals surface area contributed by atoms with Gasteiger partial charge in [-0.05, 0) is 31.1 Å². The Kier molecular flexibility index (Phi) is 4.47. The molecule has 0 atom stereocenters. The molecule has 0 radical (unpaired) electrons. The highest BCUT2D eigenvalue weighted by atomic mass is 19.4. The van der Waals surface area contributed by atoms with Gasteiger partial charge in [-0.1, -0.05) is 13.8 Å². The molecule has 0 unspecified atom stereocenters. The van der Waals surface area contributed by atoms with Crippen LogP contribution in [0.5, 0.6) is 0 Å². The van der Waals surface area contributed by atoms with E-state index in [0.29, 0.717) is 12.8 Å². The number of rotatable bonds is 4. The van der Waals surface area contributed by atoms with Crippen molar-refractivity contribution in [2.45, 2.75) is 64.1 Å². The van der Waals surface area contributed by atoms with E-state index in [9.17, 15) is 18.0 Å². The monoisotopic (exact) mass is 266 g/mol. The highest BCUT2D eigenvalue weighted by Gasteiger charge is 2.44. The lowest BCUT2D eigenvalue weighted by molar-refractivity contribution is -0.159. The number of hydrogen-bond donors (Lipinski definition) is 0. The van der Waals surface area contributed by atoms with Crippen molar-refractivity contribution >= 4 is 5.78 Å². The van der Waals surface area contributed by atoms with E-state index in [2.05, 4.69) is 13.8 Å². The highest BCUT2D eigenvalue weighted by Crippen LogP contribution is 2.43. The summed E-state index contributed by atoms with van der Waals surface area (Å²) in [6.45, 7) is 4.21. The maximum atomic E-state index is 12.1. The summed E-state index contributed by atoms with van der Waals surface area (Å²) < 4.78 is 41.7. The lowest BCUT2D eigenvalue weighted by atomic mass is 9.69. The third kappa shape index (κ3) is 3.97. The molecule has 1 saturated carbocycles. The first-order chi connectivity index (χ1) is 8.10. The number of hydrogen-bond acceptors (Lipinski definition) is 2. The van der Waals surface area contributed by atoms with Gasteiger partial charge in [0.25, 0.3) is 0 Å². The minimum absolute atomic E-state index is 0.145. The summed E-state index contributed by atoms with van der Waals surface area (Å²) in [5.74, 6) is -0.405. The van der Waals surface area contributed by atoms with Crippen molar-refractivity contribution in [2.24, 2.45) is 5.41 Å². The molecule has 0 heterocycles. The number of ketones is 1. The highest BCUT2D eigenvalue weighted by molar-refractivity contribution is 5.87. The standard InChI is InChI=1S/C13H21F3O2/c1-11(2)6-8-12(18-3,9-7-11)10(17)4-5-13(14,15)16/h4-9H2,1-3H3. The van der Waals surface area contributed by atoms with E-state index in [1.54, 1.807) is 0 Å². The van der Waals surface area contributed by atoms with Gasteiger partial charge >= 0.3 is 6.18 Å². The third-order valence-electron chi connectivity index (χ3n) is 3.95. The SMILES string of the molecule is COC1(C(=O)CCC(F)(F)F)CCC(C)(C)CC1. The number of carbonyl (C=O) groups excluding carboxylic acids is 1. The van der Waals surface area contributed by atoms with Crippen LogP contribution in [-0.4, -0.2) is 24.7 Å². The smallest absolute Gasteiger partial charge is 0.370 e. The predicted octanol–water partition coefficient (Wildman–Crippen LogP) is 3.88. The van der Waals surface area contributed by atoms with Gasteiger partial charge in [0, 0.05) is 13.5 Å². The lowest BCUT2D eigenvalue weighted by Crippen LogP contribution is -2.45. The Labute approximate surface area is 106 Å². The van der Waals surface area contributed by atoms with Crippen molar-refractivity contribution in [3.63, 3.8) is 0 Å². The fourth-order valence-corrected chi connectivity index (χ4v) is 2.41. The molecule has 106 valence electrons. The molecule has 18 heavy (non-hydrogen) atoms. The molecule has 0 saturated heterocycles. The largest absolute Gasteiger partial charge is 0.389 e. The molecule has 1 fully saturated rings. The van der Waals surface area contributed by atoms with Crippen molar-refractivity contribution in [2.75, 3.05) is 7.11 Å². The van der Waals surface area contributed by atoms with Gasteiger partial charge in [-0.3, -0.25) is 4.79 Å². The van der Waals surface area contributed by atoms with Gasteiger partial charge in [0.05, 0.1) is 6.42 Å². The Hall–Kier alpha value is -0.580. The predicted molar refractivity (Wildman–Crippen MR) is 62.3 cm³/mol.